The van der Waals surface area contributed by atoms with E-state index in [9.17, 15) is 10.0 Å². The van der Waals surface area contributed by atoms with Crippen LogP contribution in [0.4, 0.5) is 0 Å². The smallest absolute Gasteiger partial charge is 0.226 e. The van der Waals surface area contributed by atoms with Gasteiger partial charge in [-0.15, -0.1) is 0 Å². The van der Waals surface area contributed by atoms with Gasteiger partial charge in [0.15, 0.2) is 11.9 Å². The van der Waals surface area contributed by atoms with Gasteiger partial charge in [0.05, 0.1) is 6.04 Å². The minimum absolute atomic E-state index is 0.0823. The largest absolute Gasteiger partial charge is 0.618 e. The van der Waals surface area contributed by atoms with E-state index >= 15 is 0 Å². The van der Waals surface area contributed by atoms with Gasteiger partial charge in [0.25, 0.3) is 0 Å². The highest BCUT2D eigenvalue weighted by Gasteiger charge is 2.27. The quantitative estimate of drug-likeness (QED) is 0.699. The van der Waals surface area contributed by atoms with Crippen molar-refractivity contribution < 1.29 is 9.52 Å². The van der Waals surface area contributed by atoms with Crippen molar-refractivity contribution in [3.05, 3.63) is 64.4 Å². The Hall–Kier alpha value is -2.43. The van der Waals surface area contributed by atoms with Crippen molar-refractivity contribution in [2.45, 2.75) is 40.7 Å². The fourth-order valence-corrected chi connectivity index (χ4v) is 2.10. The van der Waals surface area contributed by atoms with Crippen molar-refractivity contribution in [2.75, 3.05) is 0 Å². The third-order valence-corrected chi connectivity index (χ3v) is 3.69. The first-order valence-corrected chi connectivity index (χ1v) is 7.62. The van der Waals surface area contributed by atoms with Crippen molar-refractivity contribution in [2.24, 2.45) is 5.41 Å². The summed E-state index contributed by atoms with van der Waals surface area (Å²) in [5, 5.41) is 14.9. The first kappa shape index (κ1) is 16.9. The maximum atomic E-state index is 12.4. The highest BCUT2D eigenvalue weighted by molar-refractivity contribution is 5.82. The van der Waals surface area contributed by atoms with E-state index in [-0.39, 0.29) is 5.91 Å². The molecule has 0 unspecified atom stereocenters. The molecule has 1 atom stereocenters. The molecule has 0 fully saturated rings. The van der Waals surface area contributed by atoms with Crippen molar-refractivity contribution in [1.29, 1.82) is 0 Å². The Morgan fingerprint density at radius 1 is 1.17 bits per heavy atom. The molecule has 0 aromatic carbocycles. The molecule has 0 spiro atoms. The summed E-state index contributed by atoms with van der Waals surface area (Å²) in [5.41, 5.74) is 2.56. The Labute approximate surface area is 137 Å². The highest BCUT2D eigenvalue weighted by atomic mass is 16.5. The van der Waals surface area contributed by atoms with Crippen LogP contribution in [0.5, 0.6) is 0 Å². The molecular formula is C18H23N3O2. The minimum atomic E-state index is -0.519. The molecule has 0 saturated carbocycles. The summed E-state index contributed by atoms with van der Waals surface area (Å²) in [4.78, 5) is 16.7. The van der Waals surface area contributed by atoms with Crippen LogP contribution in [0.1, 0.15) is 49.3 Å². The number of aryl methyl sites for hydroxylation is 2. The summed E-state index contributed by atoms with van der Waals surface area (Å²) >= 11 is 0. The molecule has 0 aliphatic rings. The Balaban J connectivity index is 2.44. The first-order valence-electron chi connectivity index (χ1n) is 7.62. The maximum absolute atomic E-state index is 12.4. The van der Waals surface area contributed by atoms with E-state index in [0.717, 1.165) is 21.6 Å². The lowest BCUT2D eigenvalue weighted by atomic mass is 9.93. The van der Waals surface area contributed by atoms with Crippen LogP contribution in [-0.2, 0) is 4.79 Å². The van der Waals surface area contributed by atoms with Gasteiger partial charge < -0.3 is 10.5 Å². The summed E-state index contributed by atoms with van der Waals surface area (Å²) in [6.07, 6.45) is 3.24. The van der Waals surface area contributed by atoms with E-state index in [4.69, 9.17) is 0 Å². The average molecular weight is 313 g/mol. The lowest BCUT2D eigenvalue weighted by Gasteiger charge is -2.24. The van der Waals surface area contributed by atoms with Crippen LogP contribution >= 0.6 is 0 Å². The number of rotatable bonds is 3. The Morgan fingerprint density at radius 3 is 2.35 bits per heavy atom. The second-order valence-corrected chi connectivity index (χ2v) is 6.82. The highest BCUT2D eigenvalue weighted by Crippen LogP contribution is 2.23. The number of hydrogen-bond acceptors (Lipinski definition) is 3. The van der Waals surface area contributed by atoms with Gasteiger partial charge in [-0.1, -0.05) is 26.8 Å². The third kappa shape index (κ3) is 4.06. The second-order valence-electron chi connectivity index (χ2n) is 6.82. The number of nitrogens with one attached hydrogen (secondary N) is 1. The van der Waals surface area contributed by atoms with Gasteiger partial charge in [0.2, 0.25) is 5.91 Å². The number of pyridine rings is 2. The van der Waals surface area contributed by atoms with Crippen LogP contribution in [0.15, 0.2) is 36.7 Å². The van der Waals surface area contributed by atoms with Crippen LogP contribution in [0, 0.1) is 24.5 Å². The minimum Gasteiger partial charge on any atom is -0.618 e. The topological polar surface area (TPSA) is 68.9 Å². The molecule has 23 heavy (non-hydrogen) atoms. The van der Waals surface area contributed by atoms with E-state index in [1.54, 1.807) is 19.2 Å². The van der Waals surface area contributed by atoms with Crippen LogP contribution < -0.4 is 10.0 Å². The molecular weight excluding hydrogens is 290 g/mol. The van der Waals surface area contributed by atoms with Gasteiger partial charge in [0, 0.05) is 35.9 Å². The molecule has 2 aromatic rings. The number of aromatic nitrogens is 2. The van der Waals surface area contributed by atoms with E-state index in [2.05, 4.69) is 10.3 Å². The summed E-state index contributed by atoms with van der Waals surface area (Å²) < 4.78 is 0.813. The predicted molar refractivity (Wildman–Crippen MR) is 88.6 cm³/mol. The molecule has 5 heteroatoms. The molecule has 1 amide bonds. The van der Waals surface area contributed by atoms with Crippen molar-refractivity contribution in [1.82, 2.24) is 10.3 Å². The fourth-order valence-electron chi connectivity index (χ4n) is 2.10. The van der Waals surface area contributed by atoms with Crippen LogP contribution in [0.2, 0.25) is 0 Å². The molecule has 0 saturated heterocycles. The van der Waals surface area contributed by atoms with E-state index in [1.165, 1.54) is 6.20 Å². The zero-order valence-electron chi connectivity index (χ0n) is 14.3. The van der Waals surface area contributed by atoms with E-state index in [0.29, 0.717) is 5.69 Å². The van der Waals surface area contributed by atoms with E-state index < -0.39 is 11.5 Å². The molecule has 5 nitrogen and oxygen atoms in total. The fraction of sp³-hybridized carbons (Fsp3) is 0.389. The summed E-state index contributed by atoms with van der Waals surface area (Å²) in [7, 11) is 0. The average Bonchev–Trinajstić information content (AvgIpc) is 2.47. The zero-order chi connectivity index (χ0) is 17.2. The van der Waals surface area contributed by atoms with Crippen LogP contribution in [-0.4, -0.2) is 10.9 Å². The predicted octanol–water partition coefficient (Wildman–Crippen LogP) is 2.58. The normalized spacial score (nSPS) is 12.7. The molecule has 122 valence electrons. The standard InChI is InChI=1S/C18H23N3O2/c1-12-6-8-14(10-19-12)16(20-17(22)18(3,4)5)15-9-7-13(2)21(23)11-15/h6-11,16H,1-5H3,(H,20,22)/t16-/m0/s1. The Kier molecular flexibility index (Phi) is 4.68. The lowest BCUT2D eigenvalue weighted by Crippen LogP contribution is -2.39. The van der Waals surface area contributed by atoms with Gasteiger partial charge in [0.1, 0.15) is 0 Å². The SMILES string of the molecule is Cc1ccc([C@H](NC(=O)C(C)(C)C)c2ccc(C)[n+]([O-])c2)cn1. The molecule has 0 radical (unpaired) electrons. The van der Waals surface area contributed by atoms with Gasteiger partial charge in [-0.3, -0.25) is 9.78 Å². The van der Waals surface area contributed by atoms with Crippen LogP contribution in [0.3, 0.4) is 0 Å². The van der Waals surface area contributed by atoms with Crippen molar-refractivity contribution in [3.63, 3.8) is 0 Å². The molecule has 2 rings (SSSR count). The molecule has 1 N–H and O–H groups in total. The van der Waals surface area contributed by atoms with Crippen molar-refractivity contribution in [3.8, 4) is 0 Å². The zero-order valence-corrected chi connectivity index (χ0v) is 14.3. The number of carbonyl (C=O) groups excluding carboxylic acids is 1. The Bertz CT molecular complexity index is 703. The van der Waals surface area contributed by atoms with Gasteiger partial charge in [-0.2, -0.15) is 4.73 Å². The van der Waals surface area contributed by atoms with Gasteiger partial charge in [-0.25, -0.2) is 0 Å². The lowest BCUT2D eigenvalue weighted by molar-refractivity contribution is -0.612. The number of nitrogens with zero attached hydrogens (tertiary/aromatic N) is 2. The summed E-state index contributed by atoms with van der Waals surface area (Å²) in [6.45, 7) is 9.22. The summed E-state index contributed by atoms with van der Waals surface area (Å²) in [5.74, 6) is -0.0823. The number of amides is 1. The first-order chi connectivity index (χ1) is 10.7. The molecule has 2 heterocycles. The Morgan fingerprint density at radius 2 is 1.83 bits per heavy atom. The second kappa shape index (κ2) is 6.36. The number of carbonyl (C=O) groups is 1. The van der Waals surface area contributed by atoms with E-state index in [1.807, 2.05) is 45.9 Å². The third-order valence-electron chi connectivity index (χ3n) is 3.69. The molecule has 2 aromatic heterocycles. The summed E-state index contributed by atoms with van der Waals surface area (Å²) in [6, 6.07) is 7.02. The number of hydrogen-bond donors (Lipinski definition) is 1. The van der Waals surface area contributed by atoms with Crippen molar-refractivity contribution >= 4 is 5.91 Å². The van der Waals surface area contributed by atoms with Gasteiger partial charge in [-0.05, 0) is 24.6 Å². The molecule has 0 bridgehead atoms. The van der Waals surface area contributed by atoms with Gasteiger partial charge >= 0.3 is 0 Å². The maximum Gasteiger partial charge on any atom is 0.226 e. The monoisotopic (exact) mass is 313 g/mol. The molecule has 0 aliphatic heterocycles. The van der Waals surface area contributed by atoms with Crippen LogP contribution in [0.25, 0.3) is 0 Å². The molecule has 0 aliphatic carbocycles.